The van der Waals surface area contributed by atoms with Gasteiger partial charge in [-0.3, -0.25) is 4.79 Å². The fourth-order valence-electron chi connectivity index (χ4n) is 3.17. The van der Waals surface area contributed by atoms with Crippen LogP contribution in [0.15, 0.2) is 41.6 Å². The van der Waals surface area contributed by atoms with Crippen LogP contribution in [0.2, 0.25) is 10.0 Å². The first-order valence-electron chi connectivity index (χ1n) is 8.55. The van der Waals surface area contributed by atoms with Crippen LogP contribution in [0.1, 0.15) is 33.5 Å². The van der Waals surface area contributed by atoms with Gasteiger partial charge in [-0.25, -0.2) is 0 Å². The first-order chi connectivity index (χ1) is 13.4. The SMILES string of the molecule is Cc1cc(C2=NOC(c3cc(Cl)cc(Cl)c3)(C(F)(F)F)C2)ccc1C(=O)N(C)C. The lowest BCUT2D eigenvalue weighted by molar-refractivity contribution is -0.275. The van der Waals surface area contributed by atoms with Gasteiger partial charge in [-0.1, -0.05) is 34.4 Å². The second-order valence-electron chi connectivity index (χ2n) is 7.02. The second-order valence-corrected chi connectivity index (χ2v) is 7.89. The van der Waals surface area contributed by atoms with Crippen LogP contribution in [-0.4, -0.2) is 36.8 Å². The Labute approximate surface area is 175 Å². The zero-order valence-corrected chi connectivity index (χ0v) is 17.3. The second kappa shape index (κ2) is 7.54. The number of rotatable bonds is 3. The molecule has 0 fully saturated rings. The quantitative estimate of drug-likeness (QED) is 0.619. The summed E-state index contributed by atoms with van der Waals surface area (Å²) in [6, 6.07) is 8.43. The fourth-order valence-corrected chi connectivity index (χ4v) is 3.70. The van der Waals surface area contributed by atoms with E-state index < -0.39 is 18.2 Å². The van der Waals surface area contributed by atoms with E-state index in [2.05, 4.69) is 5.16 Å². The van der Waals surface area contributed by atoms with Crippen LogP contribution < -0.4 is 0 Å². The van der Waals surface area contributed by atoms with Crippen LogP contribution in [0.3, 0.4) is 0 Å². The zero-order valence-electron chi connectivity index (χ0n) is 15.8. The summed E-state index contributed by atoms with van der Waals surface area (Å²) in [4.78, 5) is 18.6. The largest absolute Gasteiger partial charge is 0.435 e. The first kappa shape index (κ1) is 21.5. The Morgan fingerprint density at radius 1 is 1.14 bits per heavy atom. The Kier molecular flexibility index (Phi) is 5.58. The molecule has 4 nitrogen and oxygen atoms in total. The van der Waals surface area contributed by atoms with Crippen molar-refractivity contribution >= 4 is 34.8 Å². The Balaban J connectivity index is 1.99. The summed E-state index contributed by atoms with van der Waals surface area (Å²) in [7, 11) is 3.25. The maximum absolute atomic E-state index is 14.1. The summed E-state index contributed by atoms with van der Waals surface area (Å²) < 4.78 is 42.2. The number of amides is 1. The molecule has 0 radical (unpaired) electrons. The van der Waals surface area contributed by atoms with Gasteiger partial charge in [0.25, 0.3) is 11.5 Å². The molecular formula is C20H17Cl2F3N2O2. The summed E-state index contributed by atoms with van der Waals surface area (Å²) in [5.74, 6) is -0.197. The zero-order chi connectivity index (χ0) is 21.6. The minimum atomic E-state index is -4.76. The number of hydrogen-bond donors (Lipinski definition) is 0. The third kappa shape index (κ3) is 3.94. The van der Waals surface area contributed by atoms with E-state index in [1.165, 1.54) is 23.1 Å². The molecule has 0 bridgehead atoms. The van der Waals surface area contributed by atoms with Crippen molar-refractivity contribution in [3.63, 3.8) is 0 Å². The van der Waals surface area contributed by atoms with Crippen molar-refractivity contribution in [3.05, 3.63) is 68.7 Å². The van der Waals surface area contributed by atoms with Gasteiger partial charge in [-0.2, -0.15) is 13.2 Å². The van der Waals surface area contributed by atoms with Crippen LogP contribution in [0.4, 0.5) is 13.2 Å². The van der Waals surface area contributed by atoms with E-state index in [1.807, 2.05) is 0 Å². The smallest absolute Gasteiger partial charge is 0.374 e. The molecular weight excluding hydrogens is 428 g/mol. The Morgan fingerprint density at radius 2 is 1.76 bits per heavy atom. The van der Waals surface area contributed by atoms with E-state index in [0.29, 0.717) is 16.7 Å². The van der Waals surface area contributed by atoms with Crippen LogP contribution in [0.25, 0.3) is 0 Å². The predicted octanol–water partition coefficient (Wildman–Crippen LogP) is 5.59. The lowest BCUT2D eigenvalue weighted by Crippen LogP contribution is -2.42. The van der Waals surface area contributed by atoms with Gasteiger partial charge in [0, 0.05) is 41.7 Å². The molecule has 0 aromatic heterocycles. The minimum Gasteiger partial charge on any atom is -0.374 e. The van der Waals surface area contributed by atoms with Crippen LogP contribution in [0, 0.1) is 6.92 Å². The highest BCUT2D eigenvalue weighted by molar-refractivity contribution is 6.34. The molecule has 3 rings (SSSR count). The number of carbonyl (C=O) groups is 1. The van der Waals surface area contributed by atoms with Gasteiger partial charge in [0.05, 0.1) is 5.71 Å². The van der Waals surface area contributed by atoms with Crippen LogP contribution >= 0.6 is 23.2 Å². The standard InChI is InChI=1S/C20H17Cl2F3N2O2/c1-11-6-12(4-5-16(11)18(28)27(2)3)17-10-19(29-26-17,20(23,24)25)13-7-14(21)9-15(22)8-13/h4-9H,10H2,1-3H3. The van der Waals surface area contributed by atoms with Crippen LogP contribution in [-0.2, 0) is 10.4 Å². The topological polar surface area (TPSA) is 41.9 Å². The lowest BCUT2D eigenvalue weighted by atomic mass is 9.86. The van der Waals surface area contributed by atoms with Crippen molar-refractivity contribution < 1.29 is 22.8 Å². The molecule has 1 aliphatic heterocycles. The Bertz CT molecular complexity index is 985. The molecule has 29 heavy (non-hydrogen) atoms. The van der Waals surface area contributed by atoms with Crippen molar-refractivity contribution in [1.29, 1.82) is 0 Å². The Morgan fingerprint density at radius 3 is 2.28 bits per heavy atom. The van der Waals surface area contributed by atoms with E-state index >= 15 is 0 Å². The van der Waals surface area contributed by atoms with Crippen LogP contribution in [0.5, 0.6) is 0 Å². The van der Waals surface area contributed by atoms with Gasteiger partial charge < -0.3 is 9.74 Å². The summed E-state index contributed by atoms with van der Waals surface area (Å²) >= 11 is 11.8. The van der Waals surface area contributed by atoms with E-state index in [9.17, 15) is 18.0 Å². The first-order valence-corrected chi connectivity index (χ1v) is 9.31. The number of benzene rings is 2. The maximum Gasteiger partial charge on any atom is 0.435 e. The van der Waals surface area contributed by atoms with Crippen molar-refractivity contribution in [2.45, 2.75) is 25.1 Å². The summed E-state index contributed by atoms with van der Waals surface area (Å²) in [5, 5.41) is 3.86. The van der Waals surface area contributed by atoms with Crippen molar-refractivity contribution in [3.8, 4) is 0 Å². The van der Waals surface area contributed by atoms with Crippen molar-refractivity contribution in [2.75, 3.05) is 14.1 Å². The third-order valence-corrected chi connectivity index (χ3v) is 5.15. The average molecular weight is 445 g/mol. The molecule has 0 saturated carbocycles. The van der Waals surface area contributed by atoms with E-state index in [0.717, 1.165) is 0 Å². The summed E-state index contributed by atoms with van der Waals surface area (Å²) in [6.45, 7) is 1.71. The van der Waals surface area contributed by atoms with Gasteiger partial charge in [0.1, 0.15) is 0 Å². The van der Waals surface area contributed by atoms with E-state index in [1.54, 1.807) is 39.2 Å². The number of hydrogen-bond acceptors (Lipinski definition) is 3. The number of aryl methyl sites for hydroxylation is 1. The molecule has 9 heteroatoms. The van der Waals surface area contributed by atoms with Gasteiger partial charge in [0.15, 0.2) is 0 Å². The summed E-state index contributed by atoms with van der Waals surface area (Å²) in [6.07, 6.45) is -5.31. The molecule has 1 atom stereocenters. The van der Waals surface area contributed by atoms with Gasteiger partial charge >= 0.3 is 6.18 Å². The normalized spacial score (nSPS) is 19.0. The number of carbonyl (C=O) groups excluding carboxylic acids is 1. The third-order valence-electron chi connectivity index (χ3n) is 4.71. The molecule has 1 amide bonds. The molecule has 0 saturated heterocycles. The molecule has 2 aromatic carbocycles. The van der Waals surface area contributed by atoms with Gasteiger partial charge in [-0.15, -0.1) is 0 Å². The molecule has 1 unspecified atom stereocenters. The van der Waals surface area contributed by atoms with E-state index in [4.69, 9.17) is 28.0 Å². The molecule has 154 valence electrons. The summed E-state index contributed by atoms with van der Waals surface area (Å²) in [5.41, 5.74) is -1.27. The number of oxime groups is 1. The minimum absolute atomic E-state index is 0.0653. The van der Waals surface area contributed by atoms with E-state index in [-0.39, 0.29) is 27.2 Å². The maximum atomic E-state index is 14.1. The van der Waals surface area contributed by atoms with Gasteiger partial charge in [-0.05, 0) is 48.4 Å². The number of alkyl halides is 3. The molecule has 1 heterocycles. The predicted molar refractivity (Wildman–Crippen MR) is 106 cm³/mol. The molecule has 0 aliphatic carbocycles. The average Bonchev–Trinajstić information content (AvgIpc) is 3.07. The highest BCUT2D eigenvalue weighted by Gasteiger charge is 2.62. The van der Waals surface area contributed by atoms with Crippen molar-refractivity contribution in [2.24, 2.45) is 5.16 Å². The molecule has 2 aromatic rings. The highest BCUT2D eigenvalue weighted by Crippen LogP contribution is 2.49. The van der Waals surface area contributed by atoms with Crippen molar-refractivity contribution in [1.82, 2.24) is 4.90 Å². The number of nitrogens with zero attached hydrogens (tertiary/aromatic N) is 2. The molecule has 0 N–H and O–H groups in total. The number of halogens is 5. The highest BCUT2D eigenvalue weighted by atomic mass is 35.5. The molecule has 1 aliphatic rings. The molecule has 0 spiro atoms. The fraction of sp³-hybridized carbons (Fsp3) is 0.300. The van der Waals surface area contributed by atoms with Gasteiger partial charge in [0.2, 0.25) is 0 Å². The Hall–Kier alpha value is -2.25. The monoisotopic (exact) mass is 444 g/mol. The lowest BCUT2D eigenvalue weighted by Gasteiger charge is -2.29.